The van der Waals surface area contributed by atoms with Gasteiger partial charge >= 0.3 is 0 Å². The van der Waals surface area contributed by atoms with Crippen molar-refractivity contribution in [1.82, 2.24) is 19.7 Å². The minimum atomic E-state index is 0.740. The molecule has 0 fully saturated rings. The van der Waals surface area contributed by atoms with E-state index in [4.69, 9.17) is 11.6 Å². The average Bonchev–Trinajstić information content (AvgIpc) is 3.11. The number of hydrogen-bond donors (Lipinski definition) is 0. The number of para-hydroxylation sites is 1. The minimum Gasteiger partial charge on any atom is -0.270 e. The third-order valence-electron chi connectivity index (χ3n) is 4.17. The van der Waals surface area contributed by atoms with Crippen molar-refractivity contribution in [2.24, 2.45) is 0 Å². The van der Waals surface area contributed by atoms with Crippen molar-refractivity contribution in [3.63, 3.8) is 0 Å². The van der Waals surface area contributed by atoms with Crippen molar-refractivity contribution in [1.29, 1.82) is 0 Å². The van der Waals surface area contributed by atoms with Gasteiger partial charge in [-0.15, -0.1) is 10.2 Å². The summed E-state index contributed by atoms with van der Waals surface area (Å²) in [7, 11) is 0. The lowest BCUT2D eigenvalue weighted by molar-refractivity contribution is 0.880. The van der Waals surface area contributed by atoms with E-state index in [9.17, 15) is 0 Å². The standard InChI is InChI=1S/C21H17ClN4S/c1-15-6-2-3-10-19(15)26-20(17-8-5-11-23-13-17)24-25-21(26)27-14-16-7-4-9-18(22)12-16/h2-13H,14H2,1H3. The van der Waals surface area contributed by atoms with Crippen LogP contribution < -0.4 is 0 Å². The van der Waals surface area contributed by atoms with Crippen LogP contribution in [0.2, 0.25) is 5.02 Å². The van der Waals surface area contributed by atoms with E-state index in [-0.39, 0.29) is 0 Å². The van der Waals surface area contributed by atoms with E-state index >= 15 is 0 Å². The second-order valence-corrected chi connectivity index (χ2v) is 7.47. The molecule has 0 saturated heterocycles. The van der Waals surface area contributed by atoms with Gasteiger partial charge in [0.15, 0.2) is 11.0 Å². The first-order valence-electron chi connectivity index (χ1n) is 8.51. The maximum Gasteiger partial charge on any atom is 0.196 e. The largest absolute Gasteiger partial charge is 0.270 e. The summed E-state index contributed by atoms with van der Waals surface area (Å²) in [6, 6.07) is 20.0. The van der Waals surface area contributed by atoms with Crippen molar-refractivity contribution < 1.29 is 0 Å². The van der Waals surface area contributed by atoms with Crippen LogP contribution in [-0.4, -0.2) is 19.7 Å². The molecule has 0 N–H and O–H groups in total. The third kappa shape index (κ3) is 3.89. The Labute approximate surface area is 167 Å². The van der Waals surface area contributed by atoms with Gasteiger partial charge in [-0.1, -0.05) is 53.7 Å². The lowest BCUT2D eigenvalue weighted by atomic mass is 10.2. The Morgan fingerprint density at radius 1 is 1.00 bits per heavy atom. The third-order valence-corrected chi connectivity index (χ3v) is 5.40. The van der Waals surface area contributed by atoms with E-state index in [2.05, 4.69) is 44.9 Å². The highest BCUT2D eigenvalue weighted by atomic mass is 35.5. The summed E-state index contributed by atoms with van der Waals surface area (Å²) >= 11 is 7.75. The Morgan fingerprint density at radius 2 is 1.89 bits per heavy atom. The van der Waals surface area contributed by atoms with Crippen molar-refractivity contribution in [2.45, 2.75) is 17.8 Å². The number of halogens is 1. The maximum atomic E-state index is 6.11. The first-order valence-corrected chi connectivity index (χ1v) is 9.88. The molecule has 0 aliphatic carbocycles. The van der Waals surface area contributed by atoms with E-state index in [0.717, 1.165) is 44.1 Å². The highest BCUT2D eigenvalue weighted by Gasteiger charge is 2.17. The van der Waals surface area contributed by atoms with Crippen molar-refractivity contribution in [3.8, 4) is 17.1 Å². The quantitative estimate of drug-likeness (QED) is 0.415. The Balaban J connectivity index is 1.76. The molecule has 4 rings (SSSR count). The van der Waals surface area contributed by atoms with Gasteiger partial charge in [0.25, 0.3) is 0 Å². The van der Waals surface area contributed by atoms with Crippen LogP contribution in [0.3, 0.4) is 0 Å². The summed E-state index contributed by atoms with van der Waals surface area (Å²) in [5.41, 5.74) is 4.31. The normalized spacial score (nSPS) is 10.9. The second-order valence-electron chi connectivity index (χ2n) is 6.09. The Morgan fingerprint density at radius 3 is 2.67 bits per heavy atom. The van der Waals surface area contributed by atoms with Crippen molar-refractivity contribution in [2.75, 3.05) is 0 Å². The number of aromatic nitrogens is 4. The van der Waals surface area contributed by atoms with Gasteiger partial charge in [0.1, 0.15) is 0 Å². The van der Waals surface area contributed by atoms with Crippen molar-refractivity contribution in [3.05, 3.63) is 89.2 Å². The molecule has 0 saturated carbocycles. The average molecular weight is 393 g/mol. The molecule has 0 atom stereocenters. The molecule has 0 bridgehead atoms. The molecular formula is C21H17ClN4S. The summed E-state index contributed by atoms with van der Waals surface area (Å²) in [6.07, 6.45) is 3.57. The molecule has 0 amide bonds. The van der Waals surface area contributed by atoms with Gasteiger partial charge in [-0.25, -0.2) is 0 Å². The summed E-state index contributed by atoms with van der Waals surface area (Å²) in [6.45, 7) is 2.09. The molecule has 0 aliphatic rings. The molecule has 2 heterocycles. The molecule has 0 unspecified atom stereocenters. The van der Waals surface area contributed by atoms with Gasteiger partial charge in [0, 0.05) is 28.7 Å². The highest BCUT2D eigenvalue weighted by molar-refractivity contribution is 7.98. The molecule has 134 valence electrons. The predicted octanol–water partition coefficient (Wildman–Crippen LogP) is 5.58. The molecule has 2 aromatic heterocycles. The van der Waals surface area contributed by atoms with Gasteiger partial charge in [-0.05, 0) is 48.4 Å². The van der Waals surface area contributed by atoms with Gasteiger partial charge in [-0.3, -0.25) is 9.55 Å². The molecule has 0 radical (unpaired) electrons. The number of benzene rings is 2. The summed E-state index contributed by atoms with van der Waals surface area (Å²) in [5.74, 6) is 1.54. The molecule has 2 aromatic carbocycles. The molecule has 0 spiro atoms. The zero-order valence-corrected chi connectivity index (χ0v) is 16.3. The number of nitrogens with zero attached hydrogens (tertiary/aromatic N) is 4. The second kappa shape index (κ2) is 7.94. The van der Waals surface area contributed by atoms with E-state index in [1.165, 1.54) is 0 Å². The fraction of sp³-hybridized carbons (Fsp3) is 0.0952. The topological polar surface area (TPSA) is 43.6 Å². The summed E-state index contributed by atoms with van der Waals surface area (Å²) in [5, 5.41) is 10.5. The molecule has 4 aromatic rings. The number of rotatable bonds is 5. The lowest BCUT2D eigenvalue weighted by Gasteiger charge is -2.12. The van der Waals surface area contributed by atoms with Crippen LogP contribution >= 0.6 is 23.4 Å². The highest BCUT2D eigenvalue weighted by Crippen LogP contribution is 2.31. The number of hydrogen-bond acceptors (Lipinski definition) is 4. The number of aryl methyl sites for hydroxylation is 1. The zero-order chi connectivity index (χ0) is 18.6. The van der Waals surface area contributed by atoms with Crippen molar-refractivity contribution >= 4 is 23.4 Å². The van der Waals surface area contributed by atoms with E-state index in [1.807, 2.05) is 48.7 Å². The SMILES string of the molecule is Cc1ccccc1-n1c(SCc2cccc(Cl)c2)nnc1-c1cccnc1. The van der Waals surface area contributed by atoms with Crippen LogP contribution in [0.15, 0.2) is 78.2 Å². The van der Waals surface area contributed by atoms with E-state index in [0.29, 0.717) is 0 Å². The van der Waals surface area contributed by atoms with Crippen LogP contribution in [0, 0.1) is 6.92 Å². The first kappa shape index (κ1) is 17.8. The van der Waals surface area contributed by atoms with E-state index < -0.39 is 0 Å². The van der Waals surface area contributed by atoms with Crippen LogP contribution in [0.25, 0.3) is 17.1 Å². The number of pyridine rings is 1. The Bertz CT molecular complexity index is 1060. The maximum absolute atomic E-state index is 6.11. The monoisotopic (exact) mass is 392 g/mol. The zero-order valence-electron chi connectivity index (χ0n) is 14.7. The number of thioether (sulfide) groups is 1. The van der Waals surface area contributed by atoms with Crippen LogP contribution in [0.4, 0.5) is 0 Å². The molecule has 27 heavy (non-hydrogen) atoms. The van der Waals surface area contributed by atoms with Crippen LogP contribution in [0.1, 0.15) is 11.1 Å². The Kier molecular flexibility index (Phi) is 5.23. The summed E-state index contributed by atoms with van der Waals surface area (Å²) < 4.78 is 2.10. The smallest absolute Gasteiger partial charge is 0.196 e. The van der Waals surface area contributed by atoms with Crippen LogP contribution in [0.5, 0.6) is 0 Å². The minimum absolute atomic E-state index is 0.740. The van der Waals surface area contributed by atoms with Gasteiger partial charge < -0.3 is 0 Å². The first-order chi connectivity index (χ1) is 13.2. The predicted molar refractivity (Wildman–Crippen MR) is 110 cm³/mol. The van der Waals surface area contributed by atoms with Gasteiger partial charge in [-0.2, -0.15) is 0 Å². The van der Waals surface area contributed by atoms with Gasteiger partial charge in [0.2, 0.25) is 0 Å². The lowest BCUT2D eigenvalue weighted by Crippen LogP contribution is -2.02. The van der Waals surface area contributed by atoms with Gasteiger partial charge in [0.05, 0.1) is 5.69 Å². The van der Waals surface area contributed by atoms with E-state index in [1.54, 1.807) is 18.0 Å². The van der Waals surface area contributed by atoms with Crippen LogP contribution in [-0.2, 0) is 5.75 Å². The molecule has 6 heteroatoms. The summed E-state index contributed by atoms with van der Waals surface area (Å²) in [4.78, 5) is 4.23. The Hall–Kier alpha value is -2.63. The molecule has 4 nitrogen and oxygen atoms in total. The molecular weight excluding hydrogens is 376 g/mol. The molecule has 0 aliphatic heterocycles. The fourth-order valence-electron chi connectivity index (χ4n) is 2.85. The fourth-order valence-corrected chi connectivity index (χ4v) is 3.95.